The number of carbonyl (C=O) groups excluding carboxylic acids is 1. The number of anilines is 2. The molecule has 36 heavy (non-hydrogen) atoms. The fraction of sp³-hybridized carbons (Fsp3) is 0.562. The molecule has 0 saturated heterocycles. The highest BCUT2D eigenvalue weighted by molar-refractivity contribution is 6.05. The van der Waals surface area contributed by atoms with Gasteiger partial charge in [-0.15, -0.1) is 0 Å². The summed E-state index contributed by atoms with van der Waals surface area (Å²) < 4.78 is 0. The zero-order chi connectivity index (χ0) is 27.7. The molecule has 1 aliphatic rings. The molecule has 2 aromatic carbocycles. The van der Waals surface area contributed by atoms with Crippen LogP contribution in [-0.2, 0) is 0 Å². The Hall–Kier alpha value is -2.62. The van der Waals surface area contributed by atoms with E-state index < -0.39 is 0 Å². The first-order valence-electron chi connectivity index (χ1n) is 13.6. The van der Waals surface area contributed by atoms with Crippen LogP contribution in [0.15, 0.2) is 48.5 Å². The molecule has 4 heteroatoms. The Kier molecular flexibility index (Phi) is 16.5. The van der Waals surface area contributed by atoms with Gasteiger partial charge in [0.05, 0.1) is 0 Å². The minimum Gasteiger partial charge on any atom is -0.399 e. The van der Waals surface area contributed by atoms with Gasteiger partial charge in [-0.1, -0.05) is 111 Å². The highest BCUT2D eigenvalue weighted by Gasteiger charge is 2.22. The molecule has 0 radical (unpaired) electrons. The number of rotatable bonds is 4. The molecule has 0 bridgehead atoms. The minimum atomic E-state index is 0.356. The van der Waals surface area contributed by atoms with Crippen LogP contribution in [0.5, 0.6) is 0 Å². The van der Waals surface area contributed by atoms with Crippen LogP contribution in [0.2, 0.25) is 0 Å². The lowest BCUT2D eigenvalue weighted by Crippen LogP contribution is -2.21. The van der Waals surface area contributed by atoms with Crippen LogP contribution in [0.1, 0.15) is 110 Å². The third kappa shape index (κ3) is 13.5. The number of nitrogens with one attached hydrogen (secondary N) is 1. The van der Waals surface area contributed by atoms with Crippen molar-refractivity contribution in [2.45, 2.75) is 93.9 Å². The maximum atomic E-state index is 10.9. The molecule has 0 spiro atoms. The van der Waals surface area contributed by atoms with Crippen LogP contribution in [0.25, 0.3) is 0 Å². The molecule has 0 aromatic heterocycles. The number of nitrogens with two attached hydrogens (primary N) is 2. The minimum absolute atomic E-state index is 0.356. The maximum Gasteiger partial charge on any atom is 0.150 e. The van der Waals surface area contributed by atoms with Crippen LogP contribution in [0, 0.1) is 28.6 Å². The summed E-state index contributed by atoms with van der Waals surface area (Å²) in [6.07, 6.45) is 8.04. The standard InChI is InChI=1S/C14H17NO.C9H20.C6H8N2.C3H8/c15-14(11-6-2-1-3-7-11)13-9-5-4-8-12(13)10-16;1-7(2)8(3)9(4,5)6;7-5-2-1-3-6(8)4-5;1-3-2/h4-5,8-11,15H,1-3,6-7H2;7-8H,1-6H3;1-4H,7-8H2;3H2,1-2H3. The van der Waals surface area contributed by atoms with Crippen molar-refractivity contribution in [2.24, 2.45) is 23.2 Å². The number of hydrogen-bond acceptors (Lipinski definition) is 4. The molecular formula is C32H53N3O. The molecule has 1 aliphatic carbocycles. The lowest BCUT2D eigenvalue weighted by Gasteiger charge is -2.30. The summed E-state index contributed by atoms with van der Waals surface area (Å²) in [5, 5.41) is 8.21. The second-order valence-corrected chi connectivity index (χ2v) is 11.2. The van der Waals surface area contributed by atoms with Gasteiger partial charge >= 0.3 is 0 Å². The molecule has 1 atom stereocenters. The third-order valence-corrected chi connectivity index (χ3v) is 6.67. The smallest absolute Gasteiger partial charge is 0.150 e. The van der Waals surface area contributed by atoms with Crippen LogP contribution in [-0.4, -0.2) is 12.0 Å². The quantitative estimate of drug-likeness (QED) is 0.224. The van der Waals surface area contributed by atoms with Gasteiger partial charge in [0, 0.05) is 34.1 Å². The third-order valence-electron chi connectivity index (χ3n) is 6.67. The Morgan fingerprint density at radius 3 is 1.81 bits per heavy atom. The van der Waals surface area contributed by atoms with Crippen LogP contribution in [0.3, 0.4) is 0 Å². The monoisotopic (exact) mass is 495 g/mol. The predicted octanol–water partition coefficient (Wildman–Crippen LogP) is 9.04. The largest absolute Gasteiger partial charge is 0.399 e. The topological polar surface area (TPSA) is 93.0 Å². The van der Waals surface area contributed by atoms with Gasteiger partial charge < -0.3 is 16.9 Å². The summed E-state index contributed by atoms with van der Waals surface area (Å²) in [5.74, 6) is 1.98. The molecule has 1 unspecified atom stereocenters. The number of carbonyl (C=O) groups is 1. The summed E-state index contributed by atoms with van der Waals surface area (Å²) in [7, 11) is 0. The van der Waals surface area contributed by atoms with Gasteiger partial charge in [-0.3, -0.25) is 4.79 Å². The van der Waals surface area contributed by atoms with Gasteiger partial charge in [-0.25, -0.2) is 0 Å². The van der Waals surface area contributed by atoms with Crippen LogP contribution < -0.4 is 11.5 Å². The molecule has 0 aliphatic heterocycles. The maximum absolute atomic E-state index is 10.9. The van der Waals surface area contributed by atoms with Crippen molar-refractivity contribution < 1.29 is 4.79 Å². The van der Waals surface area contributed by atoms with Crippen molar-refractivity contribution >= 4 is 23.4 Å². The van der Waals surface area contributed by atoms with Crippen LogP contribution >= 0.6 is 0 Å². The van der Waals surface area contributed by atoms with E-state index in [1.54, 1.807) is 24.3 Å². The lowest BCUT2D eigenvalue weighted by atomic mass is 9.76. The van der Waals surface area contributed by atoms with Crippen molar-refractivity contribution in [1.29, 1.82) is 5.41 Å². The average molecular weight is 496 g/mol. The Bertz CT molecular complexity index is 860. The average Bonchev–Trinajstić information content (AvgIpc) is 2.84. The van der Waals surface area contributed by atoms with E-state index in [4.69, 9.17) is 16.9 Å². The van der Waals surface area contributed by atoms with Crippen molar-refractivity contribution in [1.82, 2.24) is 0 Å². The lowest BCUT2D eigenvalue weighted by molar-refractivity contribution is 0.112. The normalized spacial score (nSPS) is 14.1. The molecule has 0 heterocycles. The summed E-state index contributed by atoms with van der Waals surface area (Å²) >= 11 is 0. The van der Waals surface area contributed by atoms with Gasteiger partial charge in [0.25, 0.3) is 0 Å². The van der Waals surface area contributed by atoms with Gasteiger partial charge in [0.2, 0.25) is 0 Å². The van der Waals surface area contributed by atoms with E-state index in [2.05, 4.69) is 55.4 Å². The Labute approximate surface area is 221 Å². The first-order chi connectivity index (χ1) is 16.9. The highest BCUT2D eigenvalue weighted by atomic mass is 16.1. The molecule has 1 fully saturated rings. The second-order valence-electron chi connectivity index (χ2n) is 11.2. The Morgan fingerprint density at radius 1 is 0.944 bits per heavy atom. The van der Waals surface area contributed by atoms with Crippen molar-refractivity contribution in [3.05, 3.63) is 59.7 Å². The highest BCUT2D eigenvalue weighted by Crippen LogP contribution is 2.31. The molecule has 0 amide bonds. The molecule has 5 N–H and O–H groups in total. The van der Waals surface area contributed by atoms with E-state index >= 15 is 0 Å². The Balaban J connectivity index is 0.000000522. The molecule has 2 aromatic rings. The van der Waals surface area contributed by atoms with Gasteiger partial charge in [-0.05, 0) is 48.3 Å². The summed E-state index contributed by atoms with van der Waals surface area (Å²) in [4.78, 5) is 10.9. The molecule has 202 valence electrons. The number of hydrogen-bond donors (Lipinski definition) is 3. The zero-order valence-corrected chi connectivity index (χ0v) is 24.2. The van der Waals surface area contributed by atoms with Crippen LogP contribution in [0.4, 0.5) is 11.4 Å². The van der Waals surface area contributed by atoms with E-state index in [1.165, 1.54) is 25.7 Å². The summed E-state index contributed by atoms with van der Waals surface area (Å²) in [6, 6.07) is 14.6. The Morgan fingerprint density at radius 2 is 1.44 bits per heavy atom. The fourth-order valence-electron chi connectivity index (χ4n) is 4.02. The van der Waals surface area contributed by atoms with Gasteiger partial charge in [-0.2, -0.15) is 0 Å². The van der Waals surface area contributed by atoms with E-state index in [0.29, 0.717) is 34.0 Å². The summed E-state index contributed by atoms with van der Waals surface area (Å²) in [5.41, 5.74) is 14.8. The number of nitrogen functional groups attached to an aromatic ring is 2. The van der Waals surface area contributed by atoms with E-state index in [0.717, 1.165) is 36.5 Å². The fourth-order valence-corrected chi connectivity index (χ4v) is 4.02. The first-order valence-corrected chi connectivity index (χ1v) is 13.6. The van der Waals surface area contributed by atoms with E-state index in [9.17, 15) is 4.79 Å². The zero-order valence-electron chi connectivity index (χ0n) is 24.2. The van der Waals surface area contributed by atoms with E-state index in [1.807, 2.05) is 24.3 Å². The van der Waals surface area contributed by atoms with Crippen molar-refractivity contribution in [3.8, 4) is 0 Å². The number of aldehydes is 1. The first kappa shape index (κ1) is 33.4. The summed E-state index contributed by atoms with van der Waals surface area (Å²) in [6.45, 7) is 18.1. The second kappa shape index (κ2) is 17.8. The molecule has 4 nitrogen and oxygen atoms in total. The van der Waals surface area contributed by atoms with Crippen molar-refractivity contribution in [3.63, 3.8) is 0 Å². The van der Waals surface area contributed by atoms with Gasteiger partial charge in [0.15, 0.2) is 6.29 Å². The van der Waals surface area contributed by atoms with Gasteiger partial charge in [0.1, 0.15) is 0 Å². The SMILES string of the molecule is CC(C)C(C)C(C)(C)C.CCC.N=C(c1ccccc1C=O)C1CCCCC1.Nc1cccc(N)c1. The molecule has 3 rings (SSSR count). The van der Waals surface area contributed by atoms with E-state index in [-0.39, 0.29) is 0 Å². The number of benzene rings is 2. The molecular weight excluding hydrogens is 442 g/mol. The van der Waals surface area contributed by atoms with Crippen molar-refractivity contribution in [2.75, 3.05) is 11.5 Å². The predicted molar refractivity (Wildman–Crippen MR) is 160 cm³/mol. The molecule has 1 saturated carbocycles.